The molecule has 2 rings (SSSR count). The second-order valence-electron chi connectivity index (χ2n) is 5.21. The van der Waals surface area contributed by atoms with Gasteiger partial charge < -0.3 is 19.8 Å². The summed E-state index contributed by atoms with van der Waals surface area (Å²) < 4.78 is 0.0615. The molecule has 0 saturated carbocycles. The quantitative estimate of drug-likeness (QED) is 0.511. The number of aryl methyl sites for hydroxylation is 1. The van der Waals surface area contributed by atoms with Gasteiger partial charge in [-0.25, -0.2) is 0 Å². The first-order valence-corrected chi connectivity index (χ1v) is 8.26. The van der Waals surface area contributed by atoms with E-state index in [-0.39, 0.29) is 15.6 Å². The number of rotatable bonds is 6. The molecule has 6 nitrogen and oxygen atoms in total. The zero-order valence-electron chi connectivity index (χ0n) is 12.7. The molecule has 1 atom stereocenters. The minimum atomic E-state index is -1.55. The highest BCUT2D eigenvalue weighted by Gasteiger charge is 2.37. The standard InChI is InChI=1S/C16H15NO5S2/c1-9-3-2-4-10(7-9)8-12-14(20)17(16(23)24-12)11(15(21)22)5-6-13(18)19/h2-4,7-8,11H,5-6H2,1H3,(H,18,19)(H,21,22)/p-2/b12-8-/t11-/m0/s1. The Balaban J connectivity index is 2.26. The zero-order chi connectivity index (χ0) is 17.9. The topological polar surface area (TPSA) is 101 Å². The Kier molecular flexibility index (Phi) is 5.74. The monoisotopic (exact) mass is 363 g/mol. The second-order valence-corrected chi connectivity index (χ2v) is 6.89. The number of aliphatic carboxylic acids is 2. The van der Waals surface area contributed by atoms with Gasteiger partial charge in [0, 0.05) is 5.97 Å². The number of carboxylic acids is 2. The molecule has 1 heterocycles. The first kappa shape index (κ1) is 18.2. The third-order valence-electron chi connectivity index (χ3n) is 3.37. The molecule has 1 aliphatic rings. The number of hydrogen-bond donors (Lipinski definition) is 0. The molecule has 1 aromatic carbocycles. The van der Waals surface area contributed by atoms with E-state index >= 15 is 0 Å². The molecule has 1 amide bonds. The van der Waals surface area contributed by atoms with Gasteiger partial charge in [0.1, 0.15) is 4.32 Å². The Hall–Kier alpha value is -2.19. The SMILES string of the molecule is Cc1cccc(/C=C2\SC(=S)N([C@@H](CCC(=O)[O-])C(=O)[O-])C2=O)c1. The lowest BCUT2D eigenvalue weighted by molar-refractivity contribution is -0.311. The first-order chi connectivity index (χ1) is 11.3. The highest BCUT2D eigenvalue weighted by atomic mass is 32.2. The van der Waals surface area contributed by atoms with Crippen LogP contribution in [0, 0.1) is 6.92 Å². The molecule has 1 saturated heterocycles. The van der Waals surface area contributed by atoms with Gasteiger partial charge in [-0.3, -0.25) is 9.69 Å². The van der Waals surface area contributed by atoms with Gasteiger partial charge in [-0.05, 0) is 31.4 Å². The van der Waals surface area contributed by atoms with Crippen LogP contribution in [0.2, 0.25) is 0 Å². The van der Waals surface area contributed by atoms with Crippen LogP contribution in [-0.2, 0) is 14.4 Å². The van der Waals surface area contributed by atoms with Crippen molar-refractivity contribution in [2.24, 2.45) is 0 Å². The van der Waals surface area contributed by atoms with Crippen LogP contribution in [0.15, 0.2) is 29.2 Å². The van der Waals surface area contributed by atoms with Crippen molar-refractivity contribution in [2.75, 3.05) is 0 Å². The Morgan fingerprint density at radius 3 is 2.67 bits per heavy atom. The number of benzene rings is 1. The average Bonchev–Trinajstić information content (AvgIpc) is 2.74. The highest BCUT2D eigenvalue weighted by Crippen LogP contribution is 2.34. The number of thioether (sulfide) groups is 1. The molecular formula is C16H13NO5S2-2. The fourth-order valence-corrected chi connectivity index (χ4v) is 3.62. The van der Waals surface area contributed by atoms with Crippen molar-refractivity contribution in [3.8, 4) is 0 Å². The fraction of sp³-hybridized carbons (Fsp3) is 0.250. The number of amides is 1. The first-order valence-electron chi connectivity index (χ1n) is 7.04. The third kappa shape index (κ3) is 4.21. The number of carbonyl (C=O) groups is 3. The van der Waals surface area contributed by atoms with Crippen LogP contribution in [0.5, 0.6) is 0 Å². The maximum Gasteiger partial charge on any atom is 0.266 e. The van der Waals surface area contributed by atoms with E-state index < -0.39 is 30.3 Å². The van der Waals surface area contributed by atoms with Crippen LogP contribution in [0.4, 0.5) is 0 Å². The van der Waals surface area contributed by atoms with Crippen molar-refractivity contribution >= 4 is 52.2 Å². The van der Waals surface area contributed by atoms with Gasteiger partial charge in [-0.2, -0.15) is 0 Å². The van der Waals surface area contributed by atoms with Crippen LogP contribution < -0.4 is 10.2 Å². The average molecular weight is 363 g/mol. The molecule has 0 unspecified atom stereocenters. The van der Waals surface area contributed by atoms with Crippen molar-refractivity contribution in [3.05, 3.63) is 40.3 Å². The summed E-state index contributed by atoms with van der Waals surface area (Å²) in [5, 5.41) is 21.9. The number of carboxylic acid groups (broad SMARTS) is 2. The van der Waals surface area contributed by atoms with Gasteiger partial charge in [-0.1, -0.05) is 53.8 Å². The minimum absolute atomic E-state index is 0.0615. The summed E-state index contributed by atoms with van der Waals surface area (Å²) in [5.41, 5.74) is 1.80. The largest absolute Gasteiger partial charge is 0.550 e. The van der Waals surface area contributed by atoms with Crippen LogP contribution in [0.1, 0.15) is 24.0 Å². The molecule has 1 aliphatic heterocycles. The van der Waals surface area contributed by atoms with E-state index in [0.29, 0.717) is 0 Å². The Bertz CT molecular complexity index is 744. The molecule has 0 spiro atoms. The fourth-order valence-electron chi connectivity index (χ4n) is 2.27. The lowest BCUT2D eigenvalue weighted by Gasteiger charge is -2.27. The lowest BCUT2D eigenvalue weighted by Crippen LogP contribution is -2.50. The van der Waals surface area contributed by atoms with Crippen molar-refractivity contribution in [3.63, 3.8) is 0 Å². The van der Waals surface area contributed by atoms with Crippen molar-refractivity contribution in [1.82, 2.24) is 4.90 Å². The molecule has 0 aromatic heterocycles. The maximum atomic E-state index is 12.5. The molecule has 1 fully saturated rings. The number of nitrogens with zero attached hydrogens (tertiary/aromatic N) is 1. The second kappa shape index (κ2) is 7.59. The minimum Gasteiger partial charge on any atom is -0.550 e. The summed E-state index contributed by atoms with van der Waals surface area (Å²) in [6.45, 7) is 1.91. The summed E-state index contributed by atoms with van der Waals surface area (Å²) in [6, 6.07) is 6.00. The van der Waals surface area contributed by atoms with Gasteiger partial charge in [0.05, 0.1) is 16.9 Å². The van der Waals surface area contributed by atoms with Crippen molar-refractivity contribution in [1.29, 1.82) is 0 Å². The summed E-state index contributed by atoms with van der Waals surface area (Å²) >= 11 is 6.06. The number of thiocarbonyl (C=S) groups is 1. The Labute approximate surface area is 148 Å². The molecule has 0 radical (unpaired) electrons. The van der Waals surface area contributed by atoms with Crippen LogP contribution >= 0.6 is 24.0 Å². The molecule has 1 aromatic rings. The van der Waals surface area contributed by atoms with Crippen molar-refractivity contribution < 1.29 is 24.6 Å². The zero-order valence-corrected chi connectivity index (χ0v) is 14.3. The lowest BCUT2D eigenvalue weighted by atomic mass is 10.1. The van der Waals surface area contributed by atoms with E-state index in [2.05, 4.69) is 0 Å². The maximum absolute atomic E-state index is 12.5. The highest BCUT2D eigenvalue weighted by molar-refractivity contribution is 8.26. The van der Waals surface area contributed by atoms with Crippen molar-refractivity contribution in [2.45, 2.75) is 25.8 Å². The van der Waals surface area contributed by atoms with Gasteiger partial charge in [0.15, 0.2) is 0 Å². The summed E-state index contributed by atoms with van der Waals surface area (Å²) in [5.74, 6) is -3.52. The smallest absolute Gasteiger partial charge is 0.266 e. The summed E-state index contributed by atoms with van der Waals surface area (Å²) in [7, 11) is 0. The Morgan fingerprint density at radius 2 is 2.08 bits per heavy atom. The normalized spacial score (nSPS) is 17.4. The summed E-state index contributed by atoms with van der Waals surface area (Å²) in [6.07, 6.45) is 0.791. The van der Waals surface area contributed by atoms with Crippen LogP contribution in [0.3, 0.4) is 0 Å². The van der Waals surface area contributed by atoms with Crippen LogP contribution in [0.25, 0.3) is 6.08 Å². The number of carbonyl (C=O) groups excluding carboxylic acids is 3. The van der Waals surface area contributed by atoms with E-state index in [1.54, 1.807) is 6.08 Å². The number of hydrogen-bond acceptors (Lipinski definition) is 7. The van der Waals surface area contributed by atoms with Gasteiger partial charge >= 0.3 is 0 Å². The van der Waals surface area contributed by atoms with Gasteiger partial charge in [-0.15, -0.1) is 0 Å². The van der Waals surface area contributed by atoms with E-state index in [1.165, 1.54) is 0 Å². The molecule has 0 bridgehead atoms. The molecule has 24 heavy (non-hydrogen) atoms. The molecule has 0 aliphatic carbocycles. The van der Waals surface area contributed by atoms with E-state index in [1.807, 2.05) is 31.2 Å². The van der Waals surface area contributed by atoms with Crippen LogP contribution in [-0.4, -0.2) is 33.1 Å². The van der Waals surface area contributed by atoms with E-state index in [4.69, 9.17) is 12.2 Å². The third-order valence-corrected chi connectivity index (χ3v) is 4.70. The van der Waals surface area contributed by atoms with Gasteiger partial charge in [0.2, 0.25) is 0 Å². The molecular weight excluding hydrogens is 350 g/mol. The molecule has 8 heteroatoms. The Morgan fingerprint density at radius 1 is 1.38 bits per heavy atom. The van der Waals surface area contributed by atoms with E-state index in [0.717, 1.165) is 27.8 Å². The molecule has 126 valence electrons. The summed E-state index contributed by atoms with van der Waals surface area (Å²) in [4.78, 5) is 35.5. The molecule has 0 N–H and O–H groups in total. The van der Waals surface area contributed by atoms with E-state index in [9.17, 15) is 24.6 Å². The van der Waals surface area contributed by atoms with Gasteiger partial charge in [0.25, 0.3) is 5.91 Å². The predicted molar refractivity (Wildman–Crippen MR) is 89.2 cm³/mol. The predicted octanol–water partition coefficient (Wildman–Crippen LogP) is -0.155.